The van der Waals surface area contributed by atoms with Gasteiger partial charge in [-0.25, -0.2) is 0 Å². The lowest BCUT2D eigenvalue weighted by Gasteiger charge is -2.31. The van der Waals surface area contributed by atoms with E-state index in [1.165, 1.54) is 12.1 Å². The van der Waals surface area contributed by atoms with Gasteiger partial charge in [-0.3, -0.25) is 4.90 Å². The molecule has 152 valence electrons. The minimum absolute atomic E-state index is 0.207. The van der Waals surface area contributed by atoms with Gasteiger partial charge in [-0.2, -0.15) is 13.2 Å². The summed E-state index contributed by atoms with van der Waals surface area (Å²) in [6.07, 6.45) is -1.53. The summed E-state index contributed by atoms with van der Waals surface area (Å²) < 4.78 is 42.1. The number of phenolic OH excluding ortho intramolecular Hbond substituents is 1. The molecule has 0 aliphatic carbocycles. The number of nitrogens with zero attached hydrogens (tertiary/aromatic N) is 2. The van der Waals surface area contributed by atoms with Crippen LogP contribution in [0.4, 0.5) is 13.2 Å². The summed E-state index contributed by atoms with van der Waals surface area (Å²) in [6, 6.07) is 14.6. The highest BCUT2D eigenvalue weighted by Gasteiger charge is 2.33. The van der Waals surface area contributed by atoms with Gasteiger partial charge in [-0.15, -0.1) is 0 Å². The molecule has 3 nitrogen and oxygen atoms in total. The van der Waals surface area contributed by atoms with Gasteiger partial charge in [0.15, 0.2) is 0 Å². The Bertz CT molecular complexity index is 1010. The predicted molar refractivity (Wildman–Crippen MR) is 106 cm³/mol. The number of aryl methyl sites for hydroxylation is 2. The first-order valence-corrected chi connectivity index (χ1v) is 9.67. The molecule has 1 N–H and O–H groups in total. The Kier molecular flexibility index (Phi) is 5.13. The molecule has 0 bridgehead atoms. The van der Waals surface area contributed by atoms with Gasteiger partial charge in [-0.05, 0) is 49.2 Å². The molecule has 3 aromatic rings. The van der Waals surface area contributed by atoms with Crippen molar-refractivity contribution in [2.75, 3.05) is 6.54 Å². The van der Waals surface area contributed by atoms with Crippen molar-refractivity contribution in [3.63, 3.8) is 0 Å². The smallest absolute Gasteiger partial charge is 0.416 e. The van der Waals surface area contributed by atoms with E-state index >= 15 is 0 Å². The Hall–Kier alpha value is -2.73. The van der Waals surface area contributed by atoms with Crippen molar-refractivity contribution in [2.24, 2.45) is 0 Å². The summed E-state index contributed by atoms with van der Waals surface area (Å²) in [5.41, 5.74) is 2.74. The van der Waals surface area contributed by atoms with Crippen LogP contribution < -0.4 is 0 Å². The summed E-state index contributed by atoms with van der Waals surface area (Å²) >= 11 is 0. The minimum Gasteiger partial charge on any atom is -0.508 e. The van der Waals surface area contributed by atoms with Crippen LogP contribution in [0.15, 0.2) is 60.8 Å². The zero-order valence-corrected chi connectivity index (χ0v) is 16.2. The van der Waals surface area contributed by atoms with E-state index in [9.17, 15) is 18.3 Å². The highest BCUT2D eigenvalue weighted by Crippen LogP contribution is 2.37. The zero-order chi connectivity index (χ0) is 20.6. The van der Waals surface area contributed by atoms with Gasteiger partial charge in [0.25, 0.3) is 0 Å². The predicted octanol–water partition coefficient (Wildman–Crippen LogP) is 5.52. The van der Waals surface area contributed by atoms with Gasteiger partial charge >= 0.3 is 6.18 Å². The molecular formula is C23H23F3N2O. The van der Waals surface area contributed by atoms with E-state index in [4.69, 9.17) is 0 Å². The van der Waals surface area contributed by atoms with Gasteiger partial charge in [0.2, 0.25) is 0 Å². The van der Waals surface area contributed by atoms with E-state index in [2.05, 4.69) is 9.47 Å². The average Bonchev–Trinajstić information content (AvgIpc) is 3.05. The molecule has 2 heterocycles. The van der Waals surface area contributed by atoms with Crippen LogP contribution in [-0.4, -0.2) is 21.1 Å². The molecule has 0 saturated carbocycles. The van der Waals surface area contributed by atoms with Gasteiger partial charge in [0.1, 0.15) is 5.75 Å². The number of alkyl halides is 3. The summed E-state index contributed by atoms with van der Waals surface area (Å²) in [4.78, 5) is 2.16. The standard InChI is InChI=1S/C23H23F3N2O/c1-16-8-9-21(29)18(13-16)15-28-12-4-11-27-10-3-7-20(27)22(28)17-5-2-6-19(14-17)23(24,25)26/h2-3,5-10,13-14,22,29H,4,11-12,15H2,1H3/t22-/m1/s1. The molecule has 0 unspecified atom stereocenters. The highest BCUT2D eigenvalue weighted by molar-refractivity contribution is 5.38. The third-order valence-electron chi connectivity index (χ3n) is 5.49. The zero-order valence-electron chi connectivity index (χ0n) is 16.2. The van der Waals surface area contributed by atoms with Crippen molar-refractivity contribution < 1.29 is 18.3 Å². The molecule has 0 spiro atoms. The first-order valence-electron chi connectivity index (χ1n) is 9.67. The first kappa shape index (κ1) is 19.6. The number of hydrogen-bond acceptors (Lipinski definition) is 2. The van der Waals surface area contributed by atoms with Gasteiger partial charge < -0.3 is 9.67 Å². The number of fused-ring (bicyclic) bond motifs is 1. The van der Waals surface area contributed by atoms with Crippen molar-refractivity contribution in [3.8, 4) is 5.75 Å². The maximum atomic E-state index is 13.3. The number of aromatic nitrogens is 1. The fourth-order valence-electron chi connectivity index (χ4n) is 4.14. The lowest BCUT2D eigenvalue weighted by atomic mass is 9.98. The van der Waals surface area contributed by atoms with Gasteiger partial charge in [-0.1, -0.05) is 29.8 Å². The second kappa shape index (κ2) is 7.59. The summed E-state index contributed by atoms with van der Waals surface area (Å²) in [5, 5.41) is 10.3. The van der Waals surface area contributed by atoms with Crippen LogP contribution in [-0.2, 0) is 19.3 Å². The fraction of sp³-hybridized carbons (Fsp3) is 0.304. The largest absolute Gasteiger partial charge is 0.508 e. The maximum Gasteiger partial charge on any atom is 0.416 e. The number of phenols is 1. The monoisotopic (exact) mass is 400 g/mol. The van der Waals surface area contributed by atoms with E-state index in [0.29, 0.717) is 12.1 Å². The molecule has 29 heavy (non-hydrogen) atoms. The van der Waals surface area contributed by atoms with Crippen molar-refractivity contribution in [3.05, 3.63) is 88.7 Å². The molecule has 6 heteroatoms. The second-order valence-corrected chi connectivity index (χ2v) is 7.61. The van der Waals surface area contributed by atoms with Crippen LogP contribution in [0.3, 0.4) is 0 Å². The van der Waals surface area contributed by atoms with Crippen LogP contribution in [0.1, 0.15) is 40.4 Å². The van der Waals surface area contributed by atoms with Gasteiger partial charge in [0.05, 0.1) is 11.6 Å². The van der Waals surface area contributed by atoms with Crippen LogP contribution in [0, 0.1) is 6.92 Å². The van der Waals surface area contributed by atoms with Crippen LogP contribution in [0.25, 0.3) is 0 Å². The van der Waals surface area contributed by atoms with Crippen molar-refractivity contribution >= 4 is 0 Å². The number of benzene rings is 2. The van der Waals surface area contributed by atoms with Gasteiger partial charge in [0, 0.05) is 37.1 Å². The Morgan fingerprint density at radius 1 is 1.03 bits per heavy atom. The van der Waals surface area contributed by atoms with Crippen LogP contribution in [0.5, 0.6) is 5.75 Å². The maximum absolute atomic E-state index is 13.3. The topological polar surface area (TPSA) is 28.4 Å². The second-order valence-electron chi connectivity index (χ2n) is 7.61. The molecule has 1 aromatic heterocycles. The molecule has 2 aromatic carbocycles. The van der Waals surface area contributed by atoms with Crippen molar-refractivity contribution in [2.45, 2.75) is 38.7 Å². The van der Waals surface area contributed by atoms with Crippen molar-refractivity contribution in [1.29, 1.82) is 0 Å². The third kappa shape index (κ3) is 4.03. The van der Waals surface area contributed by atoms with Crippen molar-refractivity contribution in [1.82, 2.24) is 9.47 Å². The fourth-order valence-corrected chi connectivity index (χ4v) is 4.14. The summed E-state index contributed by atoms with van der Waals surface area (Å²) in [7, 11) is 0. The molecule has 0 fully saturated rings. The Morgan fingerprint density at radius 2 is 1.86 bits per heavy atom. The van der Waals surface area contributed by atoms with E-state index in [0.717, 1.165) is 42.4 Å². The lowest BCUT2D eigenvalue weighted by Crippen LogP contribution is -2.29. The Labute approximate surface area is 168 Å². The molecular weight excluding hydrogens is 377 g/mol. The first-order chi connectivity index (χ1) is 13.8. The van der Waals surface area contributed by atoms with E-state index in [-0.39, 0.29) is 11.8 Å². The Morgan fingerprint density at radius 3 is 2.66 bits per heavy atom. The van der Waals surface area contributed by atoms with Crippen LogP contribution in [0.2, 0.25) is 0 Å². The number of aromatic hydroxyl groups is 1. The summed E-state index contributed by atoms with van der Waals surface area (Å²) in [6.45, 7) is 3.95. The highest BCUT2D eigenvalue weighted by atomic mass is 19.4. The molecule has 0 amide bonds. The number of rotatable bonds is 3. The normalized spacial score (nSPS) is 17.7. The van der Waals surface area contributed by atoms with E-state index < -0.39 is 11.7 Å². The van der Waals surface area contributed by atoms with E-state index in [1.54, 1.807) is 12.1 Å². The quantitative estimate of drug-likeness (QED) is 0.627. The molecule has 1 aliphatic heterocycles. The summed E-state index contributed by atoms with van der Waals surface area (Å²) in [5.74, 6) is 0.207. The Balaban J connectivity index is 1.79. The molecule has 4 rings (SSSR count). The number of halogens is 3. The van der Waals surface area contributed by atoms with E-state index in [1.807, 2.05) is 37.4 Å². The SMILES string of the molecule is Cc1ccc(O)c(CN2CCCn3cccc3[C@H]2c2cccc(C(F)(F)F)c2)c1. The lowest BCUT2D eigenvalue weighted by molar-refractivity contribution is -0.137. The molecule has 1 aliphatic rings. The van der Waals surface area contributed by atoms with Crippen LogP contribution >= 0.6 is 0 Å². The average molecular weight is 400 g/mol. The minimum atomic E-state index is -4.39. The number of hydrogen-bond donors (Lipinski definition) is 1. The molecule has 1 atom stereocenters. The molecule has 0 saturated heterocycles. The third-order valence-corrected chi connectivity index (χ3v) is 5.49. The molecule has 0 radical (unpaired) electrons.